The molecule has 140 valence electrons. The van der Waals surface area contributed by atoms with Crippen LogP contribution in [-0.4, -0.2) is 18.4 Å². The third kappa shape index (κ3) is 10.4. The van der Waals surface area contributed by atoms with Gasteiger partial charge in [-0.3, -0.25) is 0 Å². The summed E-state index contributed by atoms with van der Waals surface area (Å²) in [5.74, 6) is 0. The van der Waals surface area contributed by atoms with E-state index in [0.717, 1.165) is 0 Å². The van der Waals surface area contributed by atoms with Crippen LogP contribution in [-0.2, 0) is 0 Å². The van der Waals surface area contributed by atoms with Crippen LogP contribution < -0.4 is 0 Å². The molecule has 0 radical (unpaired) electrons. The second-order valence-corrected chi connectivity index (χ2v) is 24.8. The van der Waals surface area contributed by atoms with Gasteiger partial charge in [-0.15, -0.1) is 0 Å². The van der Waals surface area contributed by atoms with Crippen molar-refractivity contribution in [3.05, 3.63) is 0 Å². The SMILES string of the molecule is CCCCC[CH2][Sn]([CH2]CCCCC)([CH2]CCCCC)[C](C)(C)C. The molecule has 0 heterocycles. The van der Waals surface area contributed by atoms with E-state index in [0.29, 0.717) is 3.43 Å². The summed E-state index contributed by atoms with van der Waals surface area (Å²) < 4.78 is 5.70. The van der Waals surface area contributed by atoms with Crippen LogP contribution in [0.3, 0.4) is 0 Å². The predicted molar refractivity (Wildman–Crippen MR) is 112 cm³/mol. The van der Waals surface area contributed by atoms with Crippen molar-refractivity contribution in [1.82, 2.24) is 0 Å². The number of unbranched alkanes of at least 4 members (excludes halogenated alkanes) is 9. The van der Waals surface area contributed by atoms with Crippen molar-refractivity contribution in [2.75, 3.05) is 0 Å². The summed E-state index contributed by atoms with van der Waals surface area (Å²) in [6.45, 7) is 14.9. The molecule has 0 aromatic heterocycles. The first kappa shape index (κ1) is 23.8. The molecule has 0 saturated heterocycles. The Morgan fingerprint density at radius 2 is 0.783 bits per heavy atom. The van der Waals surface area contributed by atoms with E-state index >= 15 is 0 Å². The molecule has 23 heavy (non-hydrogen) atoms. The van der Waals surface area contributed by atoms with Crippen molar-refractivity contribution >= 4 is 18.4 Å². The Labute approximate surface area is 153 Å². The zero-order valence-corrected chi connectivity index (χ0v) is 20.5. The molecule has 0 amide bonds. The van der Waals surface area contributed by atoms with Crippen LogP contribution in [0.4, 0.5) is 0 Å². The Morgan fingerprint density at radius 1 is 0.478 bits per heavy atom. The maximum absolute atomic E-state index is 2.61. The maximum atomic E-state index is 2.61. The molecule has 0 spiro atoms. The monoisotopic (exact) mass is 432 g/mol. The first-order valence-corrected chi connectivity index (χ1v) is 18.4. The summed E-state index contributed by atoms with van der Waals surface area (Å²) in [5, 5.41) is 0. The van der Waals surface area contributed by atoms with Gasteiger partial charge in [0.15, 0.2) is 0 Å². The van der Waals surface area contributed by atoms with Crippen LogP contribution >= 0.6 is 0 Å². The van der Waals surface area contributed by atoms with Crippen molar-refractivity contribution < 1.29 is 0 Å². The fourth-order valence-electron chi connectivity index (χ4n) is 4.17. The molecule has 0 saturated carbocycles. The van der Waals surface area contributed by atoms with Crippen LogP contribution in [0.15, 0.2) is 0 Å². The molecule has 0 bridgehead atoms. The molecule has 0 rings (SSSR count). The van der Waals surface area contributed by atoms with E-state index in [-0.39, 0.29) is 0 Å². The standard InChI is InChI=1S/3C6H13.C4H9.Sn/c3*1-3-5-6-4-2;1-4(2)3;/h3*1,3-6H2,2H3;1-3H3;. The van der Waals surface area contributed by atoms with Gasteiger partial charge in [-0.1, -0.05) is 0 Å². The predicted octanol–water partition coefficient (Wildman–Crippen LogP) is 8.98. The van der Waals surface area contributed by atoms with E-state index in [4.69, 9.17) is 0 Å². The van der Waals surface area contributed by atoms with Gasteiger partial charge in [0, 0.05) is 0 Å². The number of rotatable bonds is 15. The molecule has 0 unspecified atom stereocenters. The quantitative estimate of drug-likeness (QED) is 0.179. The molecular formula is C22H48Sn. The Balaban J connectivity index is 4.74. The summed E-state index contributed by atoms with van der Waals surface area (Å²) in [6.07, 6.45) is 17.6. The summed E-state index contributed by atoms with van der Waals surface area (Å²) in [6, 6.07) is 0. The zero-order valence-electron chi connectivity index (χ0n) is 17.6. The van der Waals surface area contributed by atoms with Crippen LogP contribution in [0.1, 0.15) is 119 Å². The second kappa shape index (κ2) is 14.0. The van der Waals surface area contributed by atoms with Gasteiger partial charge < -0.3 is 0 Å². The Kier molecular flexibility index (Phi) is 14.5. The van der Waals surface area contributed by atoms with Gasteiger partial charge >= 0.3 is 154 Å². The fraction of sp³-hybridized carbons (Fsp3) is 1.00. The van der Waals surface area contributed by atoms with Gasteiger partial charge in [-0.2, -0.15) is 0 Å². The van der Waals surface area contributed by atoms with Crippen LogP contribution in [0.25, 0.3) is 0 Å². The summed E-state index contributed by atoms with van der Waals surface area (Å²) in [4.78, 5) is 0. The Bertz CT molecular complexity index is 220. The molecule has 0 aromatic carbocycles. The fourth-order valence-corrected chi connectivity index (χ4v) is 20.7. The molecule has 0 N–H and O–H groups in total. The van der Waals surface area contributed by atoms with E-state index in [1.807, 2.05) is 0 Å². The van der Waals surface area contributed by atoms with Crippen molar-refractivity contribution in [3.63, 3.8) is 0 Å². The summed E-state index contributed by atoms with van der Waals surface area (Å²) in [5.41, 5.74) is 0. The van der Waals surface area contributed by atoms with Crippen molar-refractivity contribution in [3.8, 4) is 0 Å². The summed E-state index contributed by atoms with van der Waals surface area (Å²) >= 11 is -2.03. The minimum absolute atomic E-state index is 0.666. The van der Waals surface area contributed by atoms with Gasteiger partial charge in [0.2, 0.25) is 0 Å². The normalized spacial score (nSPS) is 12.8. The zero-order chi connectivity index (χ0) is 17.6. The molecule has 0 aliphatic carbocycles. The van der Waals surface area contributed by atoms with Crippen LogP contribution in [0.2, 0.25) is 16.7 Å². The van der Waals surface area contributed by atoms with Crippen molar-refractivity contribution in [1.29, 1.82) is 0 Å². The first-order chi connectivity index (χ1) is 10.9. The average Bonchev–Trinajstić information content (AvgIpc) is 2.50. The molecule has 0 nitrogen and oxygen atoms in total. The third-order valence-corrected chi connectivity index (χ3v) is 26.4. The van der Waals surface area contributed by atoms with Gasteiger partial charge in [-0.05, 0) is 0 Å². The Morgan fingerprint density at radius 3 is 1.00 bits per heavy atom. The molecule has 0 aromatic rings. The molecule has 0 aliphatic rings. The molecule has 1 heteroatoms. The molecular weight excluding hydrogens is 383 g/mol. The number of hydrogen-bond acceptors (Lipinski definition) is 0. The topological polar surface area (TPSA) is 0 Å². The van der Waals surface area contributed by atoms with Crippen LogP contribution in [0, 0.1) is 0 Å². The van der Waals surface area contributed by atoms with E-state index in [1.54, 1.807) is 32.6 Å². The molecule has 0 fully saturated rings. The van der Waals surface area contributed by atoms with Gasteiger partial charge in [-0.25, -0.2) is 0 Å². The molecule has 0 aliphatic heterocycles. The van der Waals surface area contributed by atoms with E-state index in [9.17, 15) is 0 Å². The van der Waals surface area contributed by atoms with E-state index in [1.165, 1.54) is 57.8 Å². The van der Waals surface area contributed by atoms with Gasteiger partial charge in [0.1, 0.15) is 0 Å². The Hall–Kier alpha value is 0.799. The van der Waals surface area contributed by atoms with Crippen molar-refractivity contribution in [2.45, 2.75) is 135 Å². The average molecular weight is 431 g/mol. The van der Waals surface area contributed by atoms with E-state index < -0.39 is 18.4 Å². The van der Waals surface area contributed by atoms with Gasteiger partial charge in [0.05, 0.1) is 0 Å². The van der Waals surface area contributed by atoms with Crippen LogP contribution in [0.5, 0.6) is 0 Å². The summed E-state index contributed by atoms with van der Waals surface area (Å²) in [7, 11) is 0. The molecule has 0 atom stereocenters. The third-order valence-electron chi connectivity index (χ3n) is 6.12. The minimum atomic E-state index is -2.03. The number of hydrogen-bond donors (Lipinski definition) is 0. The first-order valence-electron chi connectivity index (χ1n) is 10.9. The van der Waals surface area contributed by atoms with Crippen molar-refractivity contribution in [2.24, 2.45) is 0 Å². The van der Waals surface area contributed by atoms with E-state index in [2.05, 4.69) is 41.5 Å². The second-order valence-electron chi connectivity index (χ2n) is 8.96. The van der Waals surface area contributed by atoms with Gasteiger partial charge in [0.25, 0.3) is 0 Å².